The standard InChI is InChI=1S/C13H17BrFNO/c1-17-9-11(3-2-6-16)7-10-4-5-13(15)12(14)8-10/h4-5,7-8H,2-3,6,9,16H2,1H3/b11-7+. The van der Waals surface area contributed by atoms with E-state index in [1.807, 2.05) is 6.08 Å². The first-order chi connectivity index (χ1) is 8.17. The molecule has 0 saturated heterocycles. The van der Waals surface area contributed by atoms with Crippen molar-refractivity contribution in [2.75, 3.05) is 20.3 Å². The Bertz CT molecular complexity index is 393. The molecule has 0 aromatic heterocycles. The Morgan fingerprint density at radius 1 is 1.53 bits per heavy atom. The summed E-state index contributed by atoms with van der Waals surface area (Å²) < 4.78 is 18.7. The van der Waals surface area contributed by atoms with Gasteiger partial charge in [-0.1, -0.05) is 12.1 Å². The maximum Gasteiger partial charge on any atom is 0.137 e. The van der Waals surface area contributed by atoms with E-state index in [-0.39, 0.29) is 5.82 Å². The van der Waals surface area contributed by atoms with Crippen LogP contribution in [0.3, 0.4) is 0 Å². The highest BCUT2D eigenvalue weighted by Gasteiger charge is 2.01. The smallest absolute Gasteiger partial charge is 0.137 e. The molecule has 2 N–H and O–H groups in total. The van der Waals surface area contributed by atoms with Gasteiger partial charge in [-0.3, -0.25) is 0 Å². The number of benzene rings is 1. The first-order valence-corrected chi connectivity index (χ1v) is 6.30. The monoisotopic (exact) mass is 301 g/mol. The van der Waals surface area contributed by atoms with Crippen molar-refractivity contribution in [3.63, 3.8) is 0 Å². The van der Waals surface area contributed by atoms with E-state index in [9.17, 15) is 4.39 Å². The molecule has 17 heavy (non-hydrogen) atoms. The minimum absolute atomic E-state index is 0.252. The van der Waals surface area contributed by atoms with Crippen molar-refractivity contribution in [2.24, 2.45) is 5.73 Å². The Balaban J connectivity index is 2.83. The molecule has 0 radical (unpaired) electrons. The highest BCUT2D eigenvalue weighted by atomic mass is 79.9. The molecular formula is C13H17BrFNO. The summed E-state index contributed by atoms with van der Waals surface area (Å²) in [5.74, 6) is -0.252. The summed E-state index contributed by atoms with van der Waals surface area (Å²) in [6.07, 6.45) is 3.85. The molecule has 0 atom stereocenters. The molecule has 0 bridgehead atoms. The summed E-state index contributed by atoms with van der Waals surface area (Å²) in [6, 6.07) is 4.95. The van der Waals surface area contributed by atoms with Gasteiger partial charge in [-0.2, -0.15) is 0 Å². The zero-order chi connectivity index (χ0) is 12.7. The van der Waals surface area contributed by atoms with Crippen molar-refractivity contribution in [3.8, 4) is 0 Å². The van der Waals surface area contributed by atoms with Crippen LogP contribution in [-0.2, 0) is 4.74 Å². The minimum atomic E-state index is -0.252. The number of ether oxygens (including phenoxy) is 1. The number of hydrogen-bond donors (Lipinski definition) is 1. The third-order valence-corrected chi connectivity index (χ3v) is 2.95. The number of methoxy groups -OCH3 is 1. The lowest BCUT2D eigenvalue weighted by molar-refractivity contribution is 0.223. The zero-order valence-electron chi connectivity index (χ0n) is 9.88. The second-order valence-corrected chi connectivity index (χ2v) is 4.66. The Hall–Kier alpha value is -0.710. The van der Waals surface area contributed by atoms with E-state index in [0.29, 0.717) is 17.6 Å². The highest BCUT2D eigenvalue weighted by molar-refractivity contribution is 9.10. The molecule has 94 valence electrons. The summed E-state index contributed by atoms with van der Waals surface area (Å²) in [6.45, 7) is 1.24. The largest absolute Gasteiger partial charge is 0.380 e. The average molecular weight is 302 g/mol. The first-order valence-electron chi connectivity index (χ1n) is 5.51. The van der Waals surface area contributed by atoms with Gasteiger partial charge in [0.25, 0.3) is 0 Å². The van der Waals surface area contributed by atoms with Crippen molar-refractivity contribution in [3.05, 3.63) is 39.6 Å². The number of halogens is 2. The summed E-state index contributed by atoms with van der Waals surface area (Å²) in [5, 5.41) is 0. The Kier molecular flexibility index (Phi) is 6.40. The second kappa shape index (κ2) is 7.58. The van der Waals surface area contributed by atoms with Gasteiger partial charge in [0.2, 0.25) is 0 Å². The lowest BCUT2D eigenvalue weighted by Crippen LogP contribution is -2.01. The summed E-state index contributed by atoms with van der Waals surface area (Å²) >= 11 is 3.17. The second-order valence-electron chi connectivity index (χ2n) is 3.80. The molecule has 4 heteroatoms. The third kappa shape index (κ3) is 4.98. The lowest BCUT2D eigenvalue weighted by Gasteiger charge is -2.06. The molecule has 1 aromatic carbocycles. The van der Waals surface area contributed by atoms with Gasteiger partial charge in [0.15, 0.2) is 0 Å². The van der Waals surface area contributed by atoms with E-state index in [1.54, 1.807) is 19.2 Å². The van der Waals surface area contributed by atoms with Crippen LogP contribution in [0.5, 0.6) is 0 Å². The van der Waals surface area contributed by atoms with E-state index in [0.717, 1.165) is 24.0 Å². The topological polar surface area (TPSA) is 35.2 Å². The summed E-state index contributed by atoms with van der Waals surface area (Å²) in [5.41, 5.74) is 7.61. The molecule has 2 nitrogen and oxygen atoms in total. The van der Waals surface area contributed by atoms with E-state index in [2.05, 4.69) is 15.9 Å². The van der Waals surface area contributed by atoms with Crippen molar-refractivity contribution in [2.45, 2.75) is 12.8 Å². The Morgan fingerprint density at radius 3 is 2.88 bits per heavy atom. The van der Waals surface area contributed by atoms with Crippen molar-refractivity contribution < 1.29 is 9.13 Å². The molecule has 0 aliphatic heterocycles. The molecule has 0 fully saturated rings. The molecule has 0 aliphatic rings. The van der Waals surface area contributed by atoms with Crippen molar-refractivity contribution >= 4 is 22.0 Å². The fourth-order valence-corrected chi connectivity index (χ4v) is 1.93. The van der Waals surface area contributed by atoms with Crippen LogP contribution in [0, 0.1) is 5.82 Å². The highest BCUT2D eigenvalue weighted by Crippen LogP contribution is 2.19. The van der Waals surface area contributed by atoms with E-state index in [4.69, 9.17) is 10.5 Å². The fraction of sp³-hybridized carbons (Fsp3) is 0.385. The Morgan fingerprint density at radius 2 is 2.29 bits per heavy atom. The summed E-state index contributed by atoms with van der Waals surface area (Å²) in [7, 11) is 1.66. The summed E-state index contributed by atoms with van der Waals surface area (Å²) in [4.78, 5) is 0. The first kappa shape index (κ1) is 14.4. The molecule has 0 aliphatic carbocycles. The molecule has 1 aromatic rings. The van der Waals surface area contributed by atoms with Gasteiger partial charge < -0.3 is 10.5 Å². The fourth-order valence-electron chi connectivity index (χ4n) is 1.54. The van der Waals surface area contributed by atoms with Crippen LogP contribution in [0.25, 0.3) is 6.08 Å². The molecule has 0 unspecified atom stereocenters. The zero-order valence-corrected chi connectivity index (χ0v) is 11.5. The number of hydrogen-bond acceptors (Lipinski definition) is 2. The molecular weight excluding hydrogens is 285 g/mol. The lowest BCUT2D eigenvalue weighted by atomic mass is 10.1. The van der Waals surface area contributed by atoms with Gasteiger partial charge in [-0.25, -0.2) is 4.39 Å². The van der Waals surface area contributed by atoms with Gasteiger partial charge in [-0.15, -0.1) is 0 Å². The van der Waals surface area contributed by atoms with Gasteiger partial charge in [0, 0.05) is 7.11 Å². The number of rotatable bonds is 6. The third-order valence-electron chi connectivity index (χ3n) is 2.35. The average Bonchev–Trinajstić information content (AvgIpc) is 2.31. The van der Waals surface area contributed by atoms with E-state index in [1.165, 1.54) is 6.07 Å². The molecule has 0 amide bonds. The van der Waals surface area contributed by atoms with Crippen LogP contribution in [0.1, 0.15) is 18.4 Å². The molecule has 0 heterocycles. The maximum atomic E-state index is 13.1. The van der Waals surface area contributed by atoms with Crippen molar-refractivity contribution in [1.29, 1.82) is 0 Å². The van der Waals surface area contributed by atoms with Crippen LogP contribution in [-0.4, -0.2) is 20.3 Å². The SMILES string of the molecule is COC/C(=C/c1ccc(F)c(Br)c1)CCCN. The van der Waals surface area contributed by atoms with Gasteiger partial charge >= 0.3 is 0 Å². The van der Waals surface area contributed by atoms with Crippen LogP contribution in [0.4, 0.5) is 4.39 Å². The predicted molar refractivity (Wildman–Crippen MR) is 72.2 cm³/mol. The van der Waals surface area contributed by atoms with Crippen LogP contribution in [0.2, 0.25) is 0 Å². The number of nitrogens with two attached hydrogens (primary N) is 1. The minimum Gasteiger partial charge on any atom is -0.380 e. The van der Waals surface area contributed by atoms with Gasteiger partial charge in [-0.05, 0) is 58.6 Å². The van der Waals surface area contributed by atoms with E-state index < -0.39 is 0 Å². The molecule has 0 saturated carbocycles. The predicted octanol–water partition coefficient (Wildman–Crippen LogP) is 3.36. The maximum absolute atomic E-state index is 13.1. The quantitative estimate of drug-likeness (QED) is 0.874. The van der Waals surface area contributed by atoms with E-state index >= 15 is 0 Å². The van der Waals surface area contributed by atoms with Gasteiger partial charge in [0.1, 0.15) is 5.82 Å². The van der Waals surface area contributed by atoms with Crippen LogP contribution in [0.15, 0.2) is 28.2 Å². The van der Waals surface area contributed by atoms with Crippen LogP contribution >= 0.6 is 15.9 Å². The van der Waals surface area contributed by atoms with Crippen molar-refractivity contribution in [1.82, 2.24) is 0 Å². The van der Waals surface area contributed by atoms with Crippen LogP contribution < -0.4 is 5.73 Å². The normalized spacial score (nSPS) is 11.9. The molecule has 0 spiro atoms. The van der Waals surface area contributed by atoms with Gasteiger partial charge in [0.05, 0.1) is 11.1 Å². The molecule has 1 rings (SSSR count). The Labute approximate surface area is 110 Å².